The number of rotatable bonds is 5. The summed E-state index contributed by atoms with van der Waals surface area (Å²) in [5.41, 5.74) is 0. The zero-order chi connectivity index (χ0) is 17.9. The molecule has 0 spiro atoms. The summed E-state index contributed by atoms with van der Waals surface area (Å²) in [6.07, 6.45) is 8.91. The first-order valence-corrected chi connectivity index (χ1v) is 11.1. The number of nitrogens with zero attached hydrogens (tertiary/aromatic N) is 4. The van der Waals surface area contributed by atoms with Crippen LogP contribution in [-0.2, 0) is 13.1 Å². The first kappa shape index (κ1) is 18.3. The molecule has 2 aromatic rings. The molecule has 1 saturated heterocycles. The van der Waals surface area contributed by atoms with Gasteiger partial charge in [-0.2, -0.15) is 5.10 Å². The summed E-state index contributed by atoms with van der Waals surface area (Å²) in [5, 5.41) is 17.0. The van der Waals surface area contributed by atoms with Crippen molar-refractivity contribution in [2.24, 2.45) is 0 Å². The van der Waals surface area contributed by atoms with Gasteiger partial charge < -0.3 is 9.67 Å². The minimum absolute atomic E-state index is 0.219. The van der Waals surface area contributed by atoms with Gasteiger partial charge in [-0.1, -0.05) is 25.3 Å². The van der Waals surface area contributed by atoms with E-state index in [2.05, 4.69) is 27.0 Å². The van der Waals surface area contributed by atoms with E-state index in [4.69, 9.17) is 17.3 Å². The molecule has 2 aromatic heterocycles. The molecule has 7 heteroatoms. The van der Waals surface area contributed by atoms with Crippen LogP contribution in [0.3, 0.4) is 0 Å². The van der Waals surface area contributed by atoms with E-state index in [1.807, 2.05) is 4.68 Å². The molecule has 1 atom stereocenters. The van der Waals surface area contributed by atoms with Gasteiger partial charge in [-0.3, -0.25) is 4.90 Å². The number of aromatic nitrogens is 3. The average molecular weight is 393 g/mol. The molecule has 0 radical (unpaired) electrons. The maximum absolute atomic E-state index is 9.96. The second-order valence-corrected chi connectivity index (χ2v) is 9.03. The van der Waals surface area contributed by atoms with Crippen LogP contribution in [-0.4, -0.2) is 43.5 Å². The van der Waals surface area contributed by atoms with Crippen molar-refractivity contribution >= 4 is 23.6 Å². The molecule has 1 saturated carbocycles. The SMILES string of the molecule is O[C@@H]1CCCN(Cn2nc(Cc3cccs3)n(C3CCCCC3)c2=S)C1. The molecule has 1 aliphatic carbocycles. The molecule has 4 rings (SSSR count). The van der Waals surface area contributed by atoms with E-state index in [1.165, 1.54) is 37.0 Å². The predicted molar refractivity (Wildman–Crippen MR) is 107 cm³/mol. The number of hydrogen-bond donors (Lipinski definition) is 1. The van der Waals surface area contributed by atoms with Crippen molar-refractivity contribution < 1.29 is 5.11 Å². The van der Waals surface area contributed by atoms with Gasteiger partial charge in [-0.05, 0) is 49.3 Å². The first-order chi connectivity index (χ1) is 12.7. The van der Waals surface area contributed by atoms with Gasteiger partial charge in [-0.15, -0.1) is 11.3 Å². The molecule has 2 fully saturated rings. The Labute approximate surface area is 164 Å². The summed E-state index contributed by atoms with van der Waals surface area (Å²) < 4.78 is 5.18. The molecule has 26 heavy (non-hydrogen) atoms. The van der Waals surface area contributed by atoms with Crippen molar-refractivity contribution in [2.75, 3.05) is 13.1 Å². The van der Waals surface area contributed by atoms with E-state index in [-0.39, 0.29) is 6.10 Å². The molecule has 2 aliphatic rings. The lowest BCUT2D eigenvalue weighted by atomic mass is 9.95. The highest BCUT2D eigenvalue weighted by Gasteiger charge is 2.24. The van der Waals surface area contributed by atoms with Crippen LogP contribution in [0.2, 0.25) is 0 Å². The molecular weight excluding hydrogens is 364 g/mol. The van der Waals surface area contributed by atoms with Crippen molar-refractivity contribution in [3.63, 3.8) is 0 Å². The van der Waals surface area contributed by atoms with E-state index in [0.29, 0.717) is 12.7 Å². The van der Waals surface area contributed by atoms with Crippen molar-refractivity contribution in [2.45, 2.75) is 70.2 Å². The van der Waals surface area contributed by atoms with Gasteiger partial charge in [0.15, 0.2) is 4.77 Å². The maximum Gasteiger partial charge on any atom is 0.199 e. The molecule has 3 heterocycles. The number of likely N-dealkylation sites (tertiary alicyclic amines) is 1. The largest absolute Gasteiger partial charge is 0.392 e. The minimum Gasteiger partial charge on any atom is -0.392 e. The molecule has 1 N–H and O–H groups in total. The number of β-amino-alcohol motifs (C(OH)–C–C–N with tert-alkyl or cyclic N) is 1. The fourth-order valence-electron chi connectivity index (χ4n) is 4.30. The predicted octanol–water partition coefficient (Wildman–Crippen LogP) is 3.99. The highest BCUT2D eigenvalue weighted by Crippen LogP contribution is 2.30. The molecule has 1 aliphatic heterocycles. The summed E-state index contributed by atoms with van der Waals surface area (Å²) in [5.74, 6) is 1.10. The Bertz CT molecular complexity index is 761. The number of piperidine rings is 1. The lowest BCUT2D eigenvalue weighted by Gasteiger charge is -2.29. The summed E-state index contributed by atoms with van der Waals surface area (Å²) in [6, 6.07) is 4.77. The number of hydrogen-bond acceptors (Lipinski definition) is 5. The van der Waals surface area contributed by atoms with Gasteiger partial charge in [0.1, 0.15) is 5.82 Å². The normalized spacial score (nSPS) is 22.7. The lowest BCUT2D eigenvalue weighted by molar-refractivity contribution is 0.0511. The summed E-state index contributed by atoms with van der Waals surface area (Å²) in [4.78, 5) is 3.61. The van der Waals surface area contributed by atoms with E-state index >= 15 is 0 Å². The highest BCUT2D eigenvalue weighted by molar-refractivity contribution is 7.71. The van der Waals surface area contributed by atoms with Crippen LogP contribution >= 0.6 is 23.6 Å². The zero-order valence-corrected chi connectivity index (χ0v) is 16.9. The average Bonchev–Trinajstić information content (AvgIpc) is 3.25. The van der Waals surface area contributed by atoms with Crippen molar-refractivity contribution in [3.05, 3.63) is 33.0 Å². The Balaban J connectivity index is 1.61. The van der Waals surface area contributed by atoms with E-state index in [1.54, 1.807) is 11.3 Å². The van der Waals surface area contributed by atoms with Crippen LogP contribution in [0, 0.1) is 4.77 Å². The molecule has 0 bridgehead atoms. The van der Waals surface area contributed by atoms with Gasteiger partial charge >= 0.3 is 0 Å². The van der Waals surface area contributed by atoms with Crippen LogP contribution in [0.4, 0.5) is 0 Å². The lowest BCUT2D eigenvalue weighted by Crippen LogP contribution is -2.39. The van der Waals surface area contributed by atoms with Crippen LogP contribution in [0.25, 0.3) is 0 Å². The Morgan fingerprint density at radius 1 is 1.19 bits per heavy atom. The van der Waals surface area contributed by atoms with Gasteiger partial charge in [0.2, 0.25) is 0 Å². The monoisotopic (exact) mass is 392 g/mol. The van der Waals surface area contributed by atoms with Gasteiger partial charge in [0, 0.05) is 30.4 Å². The van der Waals surface area contributed by atoms with Crippen molar-refractivity contribution in [1.29, 1.82) is 0 Å². The Kier molecular flexibility index (Phi) is 5.88. The first-order valence-electron chi connectivity index (χ1n) is 9.82. The van der Waals surface area contributed by atoms with E-state index in [0.717, 1.165) is 42.9 Å². The molecule has 0 aromatic carbocycles. The van der Waals surface area contributed by atoms with Gasteiger partial charge in [-0.25, -0.2) is 4.68 Å². The Morgan fingerprint density at radius 3 is 2.77 bits per heavy atom. The molecule has 142 valence electrons. The van der Waals surface area contributed by atoms with E-state index < -0.39 is 0 Å². The van der Waals surface area contributed by atoms with Crippen LogP contribution in [0.1, 0.15) is 61.7 Å². The topological polar surface area (TPSA) is 46.2 Å². The van der Waals surface area contributed by atoms with E-state index in [9.17, 15) is 5.11 Å². The third kappa shape index (κ3) is 4.11. The molecular formula is C19H28N4OS2. The molecule has 0 amide bonds. The number of aliphatic hydroxyl groups is 1. The van der Waals surface area contributed by atoms with Gasteiger partial charge in [0.25, 0.3) is 0 Å². The Hall–Kier alpha value is -1.02. The van der Waals surface area contributed by atoms with Crippen LogP contribution < -0.4 is 0 Å². The fraction of sp³-hybridized carbons (Fsp3) is 0.684. The second kappa shape index (κ2) is 8.33. The number of aliphatic hydroxyl groups excluding tert-OH is 1. The quantitative estimate of drug-likeness (QED) is 0.782. The number of thiophene rings is 1. The zero-order valence-electron chi connectivity index (χ0n) is 15.2. The maximum atomic E-state index is 9.96. The van der Waals surface area contributed by atoms with Crippen molar-refractivity contribution in [3.8, 4) is 0 Å². The summed E-state index contributed by atoms with van der Waals surface area (Å²) in [7, 11) is 0. The second-order valence-electron chi connectivity index (χ2n) is 7.63. The summed E-state index contributed by atoms with van der Waals surface area (Å²) in [6.45, 7) is 2.42. The Morgan fingerprint density at radius 2 is 2.04 bits per heavy atom. The molecule has 5 nitrogen and oxygen atoms in total. The van der Waals surface area contributed by atoms with Crippen LogP contribution in [0.5, 0.6) is 0 Å². The third-order valence-corrected chi connectivity index (χ3v) is 6.89. The molecule has 0 unspecified atom stereocenters. The highest BCUT2D eigenvalue weighted by atomic mass is 32.1. The third-order valence-electron chi connectivity index (χ3n) is 5.61. The standard InChI is InChI=1S/C19H28N4OS2/c24-16-8-4-10-21(13-16)14-22-19(25)23(15-6-2-1-3-7-15)18(20-22)12-17-9-5-11-26-17/h5,9,11,15-16,24H,1-4,6-8,10,12-14H2/t16-/m1/s1. The summed E-state index contributed by atoms with van der Waals surface area (Å²) >= 11 is 7.65. The smallest absolute Gasteiger partial charge is 0.199 e. The minimum atomic E-state index is -0.219. The van der Waals surface area contributed by atoms with Crippen LogP contribution in [0.15, 0.2) is 17.5 Å². The van der Waals surface area contributed by atoms with Gasteiger partial charge in [0.05, 0.1) is 12.8 Å². The van der Waals surface area contributed by atoms with Crippen molar-refractivity contribution in [1.82, 2.24) is 19.2 Å². The fourth-order valence-corrected chi connectivity index (χ4v) is 5.36.